The lowest BCUT2D eigenvalue weighted by atomic mass is 10.0. The second kappa shape index (κ2) is 5.35. The molecular formula is C13H14FN3S. The van der Waals surface area contributed by atoms with Gasteiger partial charge in [-0.25, -0.2) is 9.37 Å². The summed E-state index contributed by atoms with van der Waals surface area (Å²) < 4.78 is 14.1. The number of nitrogen functional groups attached to an aromatic ring is 1. The van der Waals surface area contributed by atoms with Gasteiger partial charge in [0.15, 0.2) is 5.82 Å². The van der Waals surface area contributed by atoms with Crippen molar-refractivity contribution < 1.29 is 4.39 Å². The maximum absolute atomic E-state index is 14.1. The van der Waals surface area contributed by atoms with E-state index in [1.165, 1.54) is 11.8 Å². The van der Waals surface area contributed by atoms with Gasteiger partial charge in [-0.05, 0) is 35.9 Å². The van der Waals surface area contributed by atoms with E-state index in [2.05, 4.69) is 9.97 Å². The fourth-order valence-electron chi connectivity index (χ4n) is 1.71. The second-order valence-corrected chi connectivity index (χ2v) is 4.78. The van der Waals surface area contributed by atoms with Crippen molar-refractivity contribution in [2.45, 2.75) is 18.4 Å². The summed E-state index contributed by atoms with van der Waals surface area (Å²) in [4.78, 5) is 8.03. The molecule has 2 rings (SSSR count). The van der Waals surface area contributed by atoms with Crippen LogP contribution in [0.25, 0.3) is 0 Å². The number of pyridine rings is 2. The second-order valence-electron chi connectivity index (χ2n) is 3.98. The number of rotatable bonds is 3. The van der Waals surface area contributed by atoms with Gasteiger partial charge in [-0.3, -0.25) is 4.98 Å². The molecule has 0 radical (unpaired) electrons. The monoisotopic (exact) mass is 263 g/mol. The zero-order valence-corrected chi connectivity index (χ0v) is 11.1. The van der Waals surface area contributed by atoms with Gasteiger partial charge in [-0.1, -0.05) is 0 Å². The predicted octanol–water partition coefficient (Wildman–Crippen LogP) is 2.82. The van der Waals surface area contributed by atoms with E-state index in [9.17, 15) is 4.39 Å². The molecule has 2 aromatic rings. The van der Waals surface area contributed by atoms with Crippen LogP contribution in [0.1, 0.15) is 16.7 Å². The van der Waals surface area contributed by atoms with Crippen LogP contribution in [-0.4, -0.2) is 16.2 Å². The van der Waals surface area contributed by atoms with Gasteiger partial charge in [0.1, 0.15) is 5.03 Å². The Balaban J connectivity index is 2.37. The van der Waals surface area contributed by atoms with Crippen molar-refractivity contribution in [2.24, 2.45) is 0 Å². The molecule has 0 amide bonds. The lowest BCUT2D eigenvalue weighted by molar-refractivity contribution is 0.574. The van der Waals surface area contributed by atoms with Crippen molar-refractivity contribution in [3.8, 4) is 0 Å². The Morgan fingerprint density at radius 1 is 1.33 bits per heavy atom. The average Bonchev–Trinajstić information content (AvgIpc) is 2.37. The zero-order valence-electron chi connectivity index (χ0n) is 10.3. The molecule has 0 saturated carbocycles. The van der Waals surface area contributed by atoms with Gasteiger partial charge in [-0.2, -0.15) is 0 Å². The van der Waals surface area contributed by atoms with Gasteiger partial charge in [0.2, 0.25) is 0 Å². The van der Waals surface area contributed by atoms with Gasteiger partial charge in [0.05, 0.1) is 11.9 Å². The molecule has 0 aliphatic carbocycles. The topological polar surface area (TPSA) is 51.8 Å². The maximum Gasteiger partial charge on any atom is 0.158 e. The Morgan fingerprint density at radius 3 is 2.83 bits per heavy atom. The first-order valence-corrected chi connectivity index (χ1v) is 6.72. The van der Waals surface area contributed by atoms with Crippen molar-refractivity contribution in [2.75, 3.05) is 12.0 Å². The van der Waals surface area contributed by atoms with Crippen LogP contribution in [0, 0.1) is 12.7 Å². The van der Waals surface area contributed by atoms with Crippen LogP contribution >= 0.6 is 11.8 Å². The average molecular weight is 263 g/mol. The van der Waals surface area contributed by atoms with Crippen molar-refractivity contribution in [3.05, 3.63) is 47.2 Å². The summed E-state index contributed by atoms with van der Waals surface area (Å²) in [6.07, 6.45) is 7.24. The first-order chi connectivity index (χ1) is 8.63. The first kappa shape index (κ1) is 12.8. The van der Waals surface area contributed by atoms with E-state index in [0.29, 0.717) is 22.7 Å². The molecule has 2 heterocycles. The van der Waals surface area contributed by atoms with E-state index in [-0.39, 0.29) is 5.82 Å². The molecule has 94 valence electrons. The zero-order chi connectivity index (χ0) is 13.1. The highest BCUT2D eigenvalue weighted by molar-refractivity contribution is 7.98. The van der Waals surface area contributed by atoms with E-state index >= 15 is 0 Å². The molecule has 18 heavy (non-hydrogen) atoms. The summed E-state index contributed by atoms with van der Waals surface area (Å²) in [6, 6.07) is 1.69. The van der Waals surface area contributed by atoms with Crippen molar-refractivity contribution in [1.29, 1.82) is 0 Å². The Hall–Kier alpha value is -1.62. The fourth-order valence-corrected chi connectivity index (χ4v) is 2.19. The summed E-state index contributed by atoms with van der Waals surface area (Å²) in [5.74, 6) is -0.258. The minimum Gasteiger partial charge on any atom is -0.397 e. The summed E-state index contributed by atoms with van der Waals surface area (Å²) in [7, 11) is 0. The van der Waals surface area contributed by atoms with Gasteiger partial charge in [-0.15, -0.1) is 11.8 Å². The molecule has 0 aliphatic rings. The lowest BCUT2D eigenvalue weighted by Crippen LogP contribution is -2.01. The lowest BCUT2D eigenvalue weighted by Gasteiger charge is -2.09. The highest BCUT2D eigenvalue weighted by Crippen LogP contribution is 2.23. The van der Waals surface area contributed by atoms with Crippen molar-refractivity contribution >= 4 is 17.4 Å². The SMILES string of the molecule is CSc1nccc(Cc2cncc(N)c2C)c1F. The Bertz CT molecular complexity index is 572. The molecule has 0 saturated heterocycles. The molecule has 0 aliphatic heterocycles. The molecule has 0 bridgehead atoms. The van der Waals surface area contributed by atoms with E-state index in [1.54, 1.807) is 24.7 Å². The quantitative estimate of drug-likeness (QED) is 0.865. The van der Waals surface area contributed by atoms with Crippen LogP contribution in [0.4, 0.5) is 10.1 Å². The fraction of sp³-hybridized carbons (Fsp3) is 0.231. The maximum atomic E-state index is 14.1. The molecule has 3 nitrogen and oxygen atoms in total. The molecule has 2 N–H and O–H groups in total. The number of halogens is 1. The highest BCUT2D eigenvalue weighted by Gasteiger charge is 2.11. The van der Waals surface area contributed by atoms with E-state index in [0.717, 1.165) is 11.1 Å². The Kier molecular flexibility index (Phi) is 3.81. The molecule has 0 unspecified atom stereocenters. The highest BCUT2D eigenvalue weighted by atomic mass is 32.2. The van der Waals surface area contributed by atoms with E-state index in [1.807, 2.05) is 13.2 Å². The number of thioether (sulfide) groups is 1. The van der Waals surface area contributed by atoms with Gasteiger partial charge < -0.3 is 5.73 Å². The molecule has 0 aromatic carbocycles. The number of hydrogen-bond acceptors (Lipinski definition) is 4. The van der Waals surface area contributed by atoms with Crippen LogP contribution in [-0.2, 0) is 6.42 Å². The van der Waals surface area contributed by atoms with Crippen LogP contribution < -0.4 is 5.73 Å². The number of nitrogens with zero attached hydrogens (tertiary/aromatic N) is 2. The number of nitrogens with two attached hydrogens (primary N) is 1. The third-order valence-electron chi connectivity index (χ3n) is 2.87. The van der Waals surface area contributed by atoms with Crippen LogP contribution in [0.3, 0.4) is 0 Å². The van der Waals surface area contributed by atoms with Crippen LogP contribution in [0.15, 0.2) is 29.7 Å². The van der Waals surface area contributed by atoms with Crippen LogP contribution in [0.5, 0.6) is 0 Å². The number of anilines is 1. The summed E-state index contributed by atoms with van der Waals surface area (Å²) in [6.45, 7) is 1.92. The molecule has 0 fully saturated rings. The van der Waals surface area contributed by atoms with E-state index < -0.39 is 0 Å². The van der Waals surface area contributed by atoms with Crippen molar-refractivity contribution in [3.63, 3.8) is 0 Å². The molecule has 2 aromatic heterocycles. The third kappa shape index (κ3) is 2.46. The Morgan fingerprint density at radius 2 is 2.11 bits per heavy atom. The number of hydrogen-bond donors (Lipinski definition) is 1. The molecule has 0 atom stereocenters. The first-order valence-electron chi connectivity index (χ1n) is 5.49. The minimum atomic E-state index is -0.258. The third-order valence-corrected chi connectivity index (χ3v) is 3.54. The normalized spacial score (nSPS) is 10.6. The smallest absolute Gasteiger partial charge is 0.158 e. The Labute approximate surface area is 110 Å². The molecule has 5 heteroatoms. The van der Waals surface area contributed by atoms with Gasteiger partial charge in [0, 0.05) is 18.8 Å². The summed E-state index contributed by atoms with van der Waals surface area (Å²) in [5, 5.41) is 0.419. The summed E-state index contributed by atoms with van der Waals surface area (Å²) in [5.41, 5.74) is 8.93. The summed E-state index contributed by atoms with van der Waals surface area (Å²) >= 11 is 1.30. The minimum absolute atomic E-state index is 0.258. The van der Waals surface area contributed by atoms with Crippen molar-refractivity contribution in [1.82, 2.24) is 9.97 Å². The van der Waals surface area contributed by atoms with Gasteiger partial charge in [0.25, 0.3) is 0 Å². The van der Waals surface area contributed by atoms with Gasteiger partial charge >= 0.3 is 0 Å². The predicted molar refractivity (Wildman–Crippen MR) is 72.2 cm³/mol. The standard InChI is InChI=1S/C13H14FN3S/c1-8-10(6-16-7-11(8)15)5-9-3-4-17-13(18-2)12(9)14/h3-4,6-7H,5,15H2,1-2H3. The van der Waals surface area contributed by atoms with Crippen LogP contribution in [0.2, 0.25) is 0 Å². The van der Waals surface area contributed by atoms with E-state index in [4.69, 9.17) is 5.73 Å². The largest absolute Gasteiger partial charge is 0.397 e. The number of aromatic nitrogens is 2. The molecular weight excluding hydrogens is 249 g/mol. The molecule has 0 spiro atoms.